The van der Waals surface area contributed by atoms with E-state index in [1.807, 2.05) is 22.8 Å². The molecular formula is C21H22N4O4. The molecule has 0 unspecified atom stereocenters. The number of hydrogen-bond acceptors (Lipinski definition) is 7. The van der Waals surface area contributed by atoms with E-state index in [0.717, 1.165) is 38.4 Å². The van der Waals surface area contributed by atoms with Crippen LogP contribution in [0.4, 0.5) is 0 Å². The van der Waals surface area contributed by atoms with Crippen LogP contribution in [-0.4, -0.2) is 52.4 Å². The molecule has 1 aromatic carbocycles. The molecule has 0 amide bonds. The van der Waals surface area contributed by atoms with E-state index >= 15 is 0 Å². The van der Waals surface area contributed by atoms with Gasteiger partial charge >= 0.3 is 0 Å². The number of nitrogens with one attached hydrogen (secondary N) is 1. The minimum Gasteiger partial charge on any atom is -0.508 e. The standard InChI is InChI=1S/C21H22N4O4/c22-20-19-18(16-2-1-9-28-16)15-4-3-14(26)12-17(15)29-21(19)23-13-25(20)6-5-24-7-10-27-11-8-24/h1-4,9,12-13,18,22,26H,5-8,10-11H2/t18-/m1/s1. The highest BCUT2D eigenvalue weighted by Crippen LogP contribution is 2.45. The maximum atomic E-state index is 9.87. The lowest BCUT2D eigenvalue weighted by atomic mass is 9.87. The first-order valence-corrected chi connectivity index (χ1v) is 9.69. The molecule has 0 saturated carbocycles. The molecule has 8 heteroatoms. The van der Waals surface area contributed by atoms with Gasteiger partial charge in [0.2, 0.25) is 5.88 Å². The van der Waals surface area contributed by atoms with Crippen LogP contribution in [-0.2, 0) is 11.3 Å². The summed E-state index contributed by atoms with van der Waals surface area (Å²) in [6, 6.07) is 8.72. The minimum absolute atomic E-state index is 0.119. The Morgan fingerprint density at radius 2 is 2.03 bits per heavy atom. The third kappa shape index (κ3) is 3.30. The largest absolute Gasteiger partial charge is 0.508 e. The van der Waals surface area contributed by atoms with Gasteiger partial charge in [-0.2, -0.15) is 0 Å². The maximum Gasteiger partial charge on any atom is 0.228 e. The molecule has 5 rings (SSSR count). The second-order valence-corrected chi connectivity index (χ2v) is 7.23. The van der Waals surface area contributed by atoms with Crippen molar-refractivity contribution in [3.63, 3.8) is 0 Å². The van der Waals surface area contributed by atoms with Crippen LogP contribution in [0.2, 0.25) is 0 Å². The lowest BCUT2D eigenvalue weighted by molar-refractivity contribution is 0.0362. The molecule has 3 aromatic rings. The number of fused-ring (bicyclic) bond motifs is 2. The van der Waals surface area contributed by atoms with E-state index in [4.69, 9.17) is 19.3 Å². The number of aromatic hydroxyl groups is 1. The topological polar surface area (TPSA) is 96.7 Å². The number of aromatic nitrogens is 2. The zero-order valence-corrected chi connectivity index (χ0v) is 15.9. The van der Waals surface area contributed by atoms with Crippen molar-refractivity contribution in [2.75, 3.05) is 32.8 Å². The van der Waals surface area contributed by atoms with Crippen LogP contribution in [0, 0.1) is 5.41 Å². The highest BCUT2D eigenvalue weighted by Gasteiger charge is 2.34. The van der Waals surface area contributed by atoms with Crippen molar-refractivity contribution in [3.8, 4) is 17.4 Å². The summed E-state index contributed by atoms with van der Waals surface area (Å²) in [4.78, 5) is 6.81. The van der Waals surface area contributed by atoms with Crippen molar-refractivity contribution in [2.24, 2.45) is 0 Å². The number of nitrogens with zero attached hydrogens (tertiary/aromatic N) is 3. The third-order valence-electron chi connectivity index (χ3n) is 5.48. The van der Waals surface area contributed by atoms with E-state index in [9.17, 15) is 5.11 Å². The molecule has 2 N–H and O–H groups in total. The maximum absolute atomic E-state index is 9.87. The van der Waals surface area contributed by atoms with Gasteiger partial charge in [-0.1, -0.05) is 6.07 Å². The molecule has 2 aromatic heterocycles. The van der Waals surface area contributed by atoms with Gasteiger partial charge in [0.15, 0.2) is 0 Å². The number of furan rings is 1. The molecule has 0 aliphatic carbocycles. The van der Waals surface area contributed by atoms with Crippen molar-refractivity contribution in [3.05, 3.63) is 65.3 Å². The first kappa shape index (κ1) is 18.0. The molecule has 150 valence electrons. The molecule has 2 aliphatic heterocycles. The van der Waals surface area contributed by atoms with E-state index in [2.05, 4.69) is 9.88 Å². The summed E-state index contributed by atoms with van der Waals surface area (Å²) in [6.07, 6.45) is 3.27. The number of ether oxygens (including phenoxy) is 2. The van der Waals surface area contributed by atoms with Crippen LogP contribution in [0.25, 0.3) is 0 Å². The fraction of sp³-hybridized carbons (Fsp3) is 0.333. The van der Waals surface area contributed by atoms with Gasteiger partial charge in [0.1, 0.15) is 29.1 Å². The second-order valence-electron chi connectivity index (χ2n) is 7.23. The normalized spacial score (nSPS) is 18.7. The third-order valence-corrected chi connectivity index (χ3v) is 5.48. The second kappa shape index (κ2) is 7.38. The number of rotatable bonds is 4. The summed E-state index contributed by atoms with van der Waals surface area (Å²) in [6.45, 7) is 4.80. The first-order valence-electron chi connectivity index (χ1n) is 9.69. The minimum atomic E-state index is -0.319. The average Bonchev–Trinajstić information content (AvgIpc) is 3.27. The molecular weight excluding hydrogens is 372 g/mol. The van der Waals surface area contributed by atoms with Crippen LogP contribution in [0.1, 0.15) is 22.8 Å². The van der Waals surface area contributed by atoms with Crippen LogP contribution >= 0.6 is 0 Å². The number of phenolic OH excluding ortho intramolecular Hbond substituents is 1. The summed E-state index contributed by atoms with van der Waals surface area (Å²) < 4.78 is 18.9. The smallest absolute Gasteiger partial charge is 0.228 e. The predicted octanol–water partition coefficient (Wildman–Crippen LogP) is 2.28. The lowest BCUT2D eigenvalue weighted by Crippen LogP contribution is -2.40. The van der Waals surface area contributed by atoms with Crippen molar-refractivity contribution < 1.29 is 19.0 Å². The van der Waals surface area contributed by atoms with Gasteiger partial charge in [0.05, 0.1) is 31.0 Å². The SMILES string of the molecule is N=c1c2c(ncn1CCN1CCOCC1)Oc1cc(O)ccc1[C@@H]2c1ccco1. The van der Waals surface area contributed by atoms with Gasteiger partial charge < -0.3 is 23.6 Å². The highest BCUT2D eigenvalue weighted by atomic mass is 16.5. The molecule has 8 nitrogen and oxygen atoms in total. The predicted molar refractivity (Wildman–Crippen MR) is 103 cm³/mol. The van der Waals surface area contributed by atoms with Gasteiger partial charge in [0, 0.05) is 37.8 Å². The summed E-state index contributed by atoms with van der Waals surface area (Å²) >= 11 is 0. The monoisotopic (exact) mass is 394 g/mol. The van der Waals surface area contributed by atoms with Gasteiger partial charge in [-0.05, 0) is 18.2 Å². The summed E-state index contributed by atoms with van der Waals surface area (Å²) in [5, 5.41) is 18.7. The fourth-order valence-electron chi connectivity index (χ4n) is 3.95. The van der Waals surface area contributed by atoms with Gasteiger partial charge in [-0.3, -0.25) is 10.3 Å². The summed E-state index contributed by atoms with van der Waals surface area (Å²) in [7, 11) is 0. The Bertz CT molecular complexity index is 1070. The zero-order valence-electron chi connectivity index (χ0n) is 15.9. The molecule has 1 fully saturated rings. The Morgan fingerprint density at radius 3 is 2.83 bits per heavy atom. The van der Waals surface area contributed by atoms with Crippen molar-refractivity contribution in [1.82, 2.24) is 14.5 Å². The van der Waals surface area contributed by atoms with Crippen molar-refractivity contribution in [1.29, 1.82) is 5.41 Å². The van der Waals surface area contributed by atoms with Gasteiger partial charge in [0.25, 0.3) is 0 Å². The zero-order chi connectivity index (χ0) is 19.8. The number of morpholine rings is 1. The molecule has 29 heavy (non-hydrogen) atoms. The first-order chi connectivity index (χ1) is 14.2. The molecule has 2 aliphatic rings. The van der Waals surface area contributed by atoms with E-state index in [1.54, 1.807) is 24.7 Å². The van der Waals surface area contributed by atoms with Gasteiger partial charge in [-0.15, -0.1) is 0 Å². The van der Waals surface area contributed by atoms with E-state index in [0.29, 0.717) is 35.0 Å². The highest BCUT2D eigenvalue weighted by molar-refractivity contribution is 5.55. The van der Waals surface area contributed by atoms with Crippen LogP contribution in [0.5, 0.6) is 17.4 Å². The molecule has 0 spiro atoms. The number of phenols is 1. The number of benzene rings is 1. The van der Waals surface area contributed by atoms with E-state index in [1.165, 1.54) is 0 Å². The quantitative estimate of drug-likeness (QED) is 0.551. The molecule has 1 saturated heterocycles. The van der Waals surface area contributed by atoms with E-state index < -0.39 is 0 Å². The summed E-state index contributed by atoms with van der Waals surface area (Å²) in [5.41, 5.74) is 1.86. The molecule has 0 radical (unpaired) electrons. The van der Waals surface area contributed by atoms with Crippen LogP contribution < -0.4 is 10.2 Å². The number of hydrogen-bond donors (Lipinski definition) is 2. The van der Waals surface area contributed by atoms with Gasteiger partial charge in [-0.25, -0.2) is 4.98 Å². The Hall–Kier alpha value is -3.10. The Labute approximate surface area is 167 Å². The van der Waals surface area contributed by atoms with E-state index in [-0.39, 0.29) is 11.7 Å². The average molecular weight is 394 g/mol. The lowest BCUT2D eigenvalue weighted by Gasteiger charge is -2.28. The fourth-order valence-corrected chi connectivity index (χ4v) is 3.95. The van der Waals surface area contributed by atoms with Crippen molar-refractivity contribution in [2.45, 2.75) is 12.5 Å². The van der Waals surface area contributed by atoms with Crippen molar-refractivity contribution >= 4 is 0 Å². The Kier molecular flexibility index (Phi) is 4.57. The molecule has 4 heterocycles. The van der Waals surface area contributed by atoms with Crippen LogP contribution in [0.15, 0.2) is 47.3 Å². The Morgan fingerprint density at radius 1 is 1.17 bits per heavy atom. The summed E-state index contributed by atoms with van der Waals surface area (Å²) in [5.74, 6) is 1.41. The van der Waals surface area contributed by atoms with Crippen LogP contribution in [0.3, 0.4) is 0 Å². The Balaban J connectivity index is 1.54. The molecule has 0 bridgehead atoms. The molecule has 1 atom stereocenters.